The maximum Gasteiger partial charge on any atom is 0.419 e. The first-order chi connectivity index (χ1) is 9.97. The van der Waals surface area contributed by atoms with Crippen molar-refractivity contribution in [1.29, 1.82) is 0 Å². The van der Waals surface area contributed by atoms with Crippen LogP contribution in [0.2, 0.25) is 0 Å². The monoisotopic (exact) mass is 298 g/mol. The fraction of sp³-hybridized carbons (Fsp3) is 0.500. The Morgan fingerprint density at radius 3 is 3.05 bits per heavy atom. The van der Waals surface area contributed by atoms with Crippen molar-refractivity contribution in [2.75, 3.05) is 18.0 Å². The van der Waals surface area contributed by atoms with Gasteiger partial charge in [0.15, 0.2) is 5.78 Å². The van der Waals surface area contributed by atoms with Crippen LogP contribution in [-0.4, -0.2) is 51.2 Å². The van der Waals surface area contributed by atoms with Gasteiger partial charge in [0.1, 0.15) is 6.20 Å². The molecule has 2 rings (SSSR count). The van der Waals surface area contributed by atoms with Crippen molar-refractivity contribution >= 4 is 23.4 Å². The summed E-state index contributed by atoms with van der Waals surface area (Å²) in [7, 11) is 0. The van der Waals surface area contributed by atoms with E-state index in [0.717, 1.165) is 6.20 Å². The molecule has 0 bridgehead atoms. The summed E-state index contributed by atoms with van der Waals surface area (Å²) >= 11 is 0. The van der Waals surface area contributed by atoms with Crippen molar-refractivity contribution in [3.05, 3.63) is 16.3 Å². The first-order valence-corrected chi connectivity index (χ1v) is 6.16. The largest absolute Gasteiger partial charge is 0.464 e. The average molecular weight is 298 g/mol. The van der Waals surface area contributed by atoms with E-state index >= 15 is 0 Å². The zero-order valence-electron chi connectivity index (χ0n) is 10.9. The number of carbonyl (C=O) groups is 2. The lowest BCUT2D eigenvalue weighted by molar-refractivity contribution is -0.384. The van der Waals surface area contributed by atoms with Gasteiger partial charge in [0.25, 0.3) is 0 Å². The molecule has 2 heterocycles. The number of aromatic amines is 1. The molecule has 0 radical (unpaired) electrons. The minimum absolute atomic E-state index is 0.00822. The lowest BCUT2D eigenvalue weighted by Crippen LogP contribution is -2.44. The Morgan fingerprint density at radius 1 is 1.62 bits per heavy atom. The van der Waals surface area contributed by atoms with Crippen LogP contribution >= 0.6 is 0 Å². The summed E-state index contributed by atoms with van der Waals surface area (Å²) in [5.74, 6) is 0.0290. The molecule has 11 heteroatoms. The van der Waals surface area contributed by atoms with Crippen LogP contribution in [0.1, 0.15) is 12.8 Å². The predicted octanol–water partition coefficient (Wildman–Crippen LogP) is -0.372. The van der Waals surface area contributed by atoms with E-state index in [2.05, 4.69) is 15.6 Å². The summed E-state index contributed by atoms with van der Waals surface area (Å²) in [6.07, 6.45) is 0.431. The maximum atomic E-state index is 11.9. The highest BCUT2D eigenvalue weighted by Crippen LogP contribution is 2.26. The number of rotatable bonds is 4. The zero-order valence-corrected chi connectivity index (χ0v) is 10.9. The van der Waals surface area contributed by atoms with Crippen LogP contribution in [0.5, 0.6) is 0 Å². The van der Waals surface area contributed by atoms with Gasteiger partial charge in [-0.15, -0.1) is 0 Å². The molecular formula is C10H14N6O5. The number of hydrazine groups is 1. The Labute approximate surface area is 118 Å². The summed E-state index contributed by atoms with van der Waals surface area (Å²) in [6.45, 7) is 0.363. The molecule has 1 amide bonds. The first-order valence-electron chi connectivity index (χ1n) is 6.16. The number of aromatic nitrogens is 2. The summed E-state index contributed by atoms with van der Waals surface area (Å²) in [6, 6.07) is -0.361. The fourth-order valence-corrected chi connectivity index (χ4v) is 2.16. The van der Waals surface area contributed by atoms with E-state index in [-0.39, 0.29) is 36.3 Å². The van der Waals surface area contributed by atoms with Gasteiger partial charge in [0, 0.05) is 19.0 Å². The van der Waals surface area contributed by atoms with Crippen molar-refractivity contribution in [3.63, 3.8) is 0 Å². The summed E-state index contributed by atoms with van der Waals surface area (Å²) in [5.41, 5.74) is 4.35. The highest BCUT2D eigenvalue weighted by atomic mass is 16.6. The van der Waals surface area contributed by atoms with Gasteiger partial charge in [-0.3, -0.25) is 25.4 Å². The molecular weight excluding hydrogens is 284 g/mol. The molecule has 11 nitrogen and oxygen atoms in total. The number of amides is 1. The number of nitro groups is 1. The number of nitrogens with one attached hydrogen (secondary N) is 3. The number of carbonyl (C=O) groups excluding carboxylic acids is 1. The molecule has 0 saturated carbocycles. The average Bonchev–Trinajstić information content (AvgIpc) is 2.82. The Morgan fingerprint density at radius 2 is 2.38 bits per heavy atom. The standard InChI is InChI=1S/C10H14N6O5/c17-7-3-6(12-14-10(18)19)1-2-15(5-7)9-8(16(20)21)4-11-13-9/h4,6,12,14H,1-3,5H2,(H,11,13)(H,18,19). The normalized spacial score (nSPS) is 19.1. The molecule has 1 aliphatic heterocycles. The molecule has 1 unspecified atom stereocenters. The molecule has 1 atom stereocenters. The van der Waals surface area contributed by atoms with Crippen molar-refractivity contribution in [2.45, 2.75) is 18.9 Å². The Hall–Kier alpha value is -2.69. The van der Waals surface area contributed by atoms with Crippen LogP contribution in [-0.2, 0) is 4.79 Å². The zero-order chi connectivity index (χ0) is 15.4. The SMILES string of the molecule is O=C1CC(NNC(=O)O)CCN(c2[nH]ncc2[N+](=O)[O-])C1. The number of Topliss-reactive ketones (excluding diaryl/α,β-unsaturated/α-hetero) is 1. The molecule has 114 valence electrons. The van der Waals surface area contributed by atoms with E-state index < -0.39 is 11.0 Å². The van der Waals surface area contributed by atoms with Crippen LogP contribution in [0, 0.1) is 10.1 Å². The first kappa shape index (κ1) is 14.7. The van der Waals surface area contributed by atoms with Gasteiger partial charge in [-0.25, -0.2) is 10.2 Å². The molecule has 21 heavy (non-hydrogen) atoms. The van der Waals surface area contributed by atoms with E-state index in [1.165, 1.54) is 4.90 Å². The number of H-pyrrole nitrogens is 1. The predicted molar refractivity (Wildman–Crippen MR) is 69.8 cm³/mol. The molecule has 4 N–H and O–H groups in total. The van der Waals surface area contributed by atoms with Gasteiger partial charge in [0.2, 0.25) is 5.82 Å². The molecule has 1 fully saturated rings. The lowest BCUT2D eigenvalue weighted by Gasteiger charge is -2.19. The van der Waals surface area contributed by atoms with E-state index in [0.29, 0.717) is 13.0 Å². The Bertz CT molecular complexity index is 558. The molecule has 1 saturated heterocycles. The molecule has 1 aliphatic rings. The van der Waals surface area contributed by atoms with Gasteiger partial charge in [0.05, 0.1) is 11.5 Å². The summed E-state index contributed by atoms with van der Waals surface area (Å²) in [4.78, 5) is 34.1. The van der Waals surface area contributed by atoms with Gasteiger partial charge >= 0.3 is 11.8 Å². The molecule has 0 aromatic carbocycles. The summed E-state index contributed by atoms with van der Waals surface area (Å²) in [5, 5.41) is 25.6. The number of carboxylic acid groups (broad SMARTS) is 1. The van der Waals surface area contributed by atoms with Crippen LogP contribution in [0.15, 0.2) is 6.20 Å². The second kappa shape index (κ2) is 6.17. The van der Waals surface area contributed by atoms with Crippen molar-refractivity contribution in [1.82, 2.24) is 21.0 Å². The Balaban J connectivity index is 2.07. The number of anilines is 1. The third kappa shape index (κ3) is 3.66. The molecule has 1 aromatic rings. The minimum Gasteiger partial charge on any atom is -0.464 e. The second-order valence-electron chi connectivity index (χ2n) is 4.59. The van der Waals surface area contributed by atoms with Crippen molar-refractivity contribution in [3.8, 4) is 0 Å². The van der Waals surface area contributed by atoms with Crippen molar-refractivity contribution in [2.24, 2.45) is 0 Å². The van der Waals surface area contributed by atoms with Crippen LogP contribution in [0.25, 0.3) is 0 Å². The Kier molecular flexibility index (Phi) is 4.33. The number of hydrogen-bond acceptors (Lipinski definition) is 7. The van der Waals surface area contributed by atoms with E-state index in [1.54, 1.807) is 0 Å². The van der Waals surface area contributed by atoms with Crippen LogP contribution in [0.3, 0.4) is 0 Å². The van der Waals surface area contributed by atoms with Crippen LogP contribution in [0.4, 0.5) is 16.3 Å². The minimum atomic E-state index is -1.24. The van der Waals surface area contributed by atoms with E-state index in [4.69, 9.17) is 5.11 Å². The quantitative estimate of drug-likeness (QED) is 0.433. The van der Waals surface area contributed by atoms with Crippen molar-refractivity contribution < 1.29 is 19.6 Å². The molecule has 0 aliphatic carbocycles. The highest BCUT2D eigenvalue weighted by molar-refractivity contribution is 5.85. The lowest BCUT2D eigenvalue weighted by atomic mass is 10.1. The summed E-state index contributed by atoms with van der Waals surface area (Å²) < 4.78 is 0. The number of ketones is 1. The topological polar surface area (TPSA) is 153 Å². The van der Waals surface area contributed by atoms with Crippen LogP contribution < -0.4 is 15.8 Å². The maximum absolute atomic E-state index is 11.9. The van der Waals surface area contributed by atoms with Gasteiger partial charge in [-0.2, -0.15) is 5.10 Å². The highest BCUT2D eigenvalue weighted by Gasteiger charge is 2.28. The van der Waals surface area contributed by atoms with Gasteiger partial charge < -0.3 is 10.0 Å². The number of hydrogen-bond donors (Lipinski definition) is 4. The smallest absolute Gasteiger partial charge is 0.419 e. The van der Waals surface area contributed by atoms with Gasteiger partial charge in [-0.05, 0) is 6.42 Å². The number of nitrogens with zero attached hydrogens (tertiary/aromatic N) is 3. The van der Waals surface area contributed by atoms with E-state index in [9.17, 15) is 19.7 Å². The molecule has 0 spiro atoms. The fourth-order valence-electron chi connectivity index (χ4n) is 2.16. The van der Waals surface area contributed by atoms with Gasteiger partial charge in [-0.1, -0.05) is 0 Å². The third-order valence-corrected chi connectivity index (χ3v) is 3.08. The third-order valence-electron chi connectivity index (χ3n) is 3.08. The second-order valence-corrected chi connectivity index (χ2v) is 4.59. The van der Waals surface area contributed by atoms with E-state index in [1.807, 2.05) is 5.43 Å². The molecule has 1 aromatic heterocycles.